The molecule has 1 aromatic carbocycles. The van der Waals surface area contributed by atoms with Crippen LogP contribution in [0.1, 0.15) is 44.2 Å². The van der Waals surface area contributed by atoms with Crippen LogP contribution >= 0.6 is 0 Å². The average molecular weight is 323 g/mol. The molecule has 0 amide bonds. The van der Waals surface area contributed by atoms with E-state index in [0.29, 0.717) is 0 Å². The molecule has 0 bridgehead atoms. The Morgan fingerprint density at radius 1 is 1.12 bits per heavy atom. The van der Waals surface area contributed by atoms with E-state index in [1.54, 1.807) is 0 Å². The third-order valence-electron chi connectivity index (χ3n) is 4.87. The molecule has 1 saturated heterocycles. The third kappa shape index (κ3) is 3.99. The van der Waals surface area contributed by atoms with Crippen molar-refractivity contribution >= 4 is 5.57 Å². The topological polar surface area (TPSA) is 12.5 Å². The molecule has 0 unspecified atom stereocenters. The number of rotatable bonds is 4. The van der Waals surface area contributed by atoms with Crippen LogP contribution < -0.4 is 0 Å². The molecule has 2 aliphatic rings. The summed E-state index contributed by atoms with van der Waals surface area (Å²) in [5.41, 5.74) is 6.65. The highest BCUT2D eigenvalue weighted by Crippen LogP contribution is 2.33. The van der Waals surface area contributed by atoms with Crippen molar-refractivity contribution in [2.75, 3.05) is 19.8 Å². The standard InChI is InChI=1S/C22H29NO/c1-4-5-22-21(20-8-6-17(2)7-9-20)14-18(3)15-23(22)16-19-10-12-24-13-11-19/h5-9,14-15,19H,4,10-13,16H2,1-3H3/b22-5-. The lowest BCUT2D eigenvalue weighted by Gasteiger charge is -2.34. The van der Waals surface area contributed by atoms with Gasteiger partial charge in [-0.1, -0.05) is 42.8 Å². The van der Waals surface area contributed by atoms with Crippen LogP contribution in [-0.2, 0) is 4.74 Å². The summed E-state index contributed by atoms with van der Waals surface area (Å²) >= 11 is 0. The van der Waals surface area contributed by atoms with Gasteiger partial charge < -0.3 is 9.64 Å². The Morgan fingerprint density at radius 2 is 1.83 bits per heavy atom. The summed E-state index contributed by atoms with van der Waals surface area (Å²) in [5, 5.41) is 0. The summed E-state index contributed by atoms with van der Waals surface area (Å²) in [6.45, 7) is 9.48. The number of benzene rings is 1. The lowest BCUT2D eigenvalue weighted by atomic mass is 9.93. The molecule has 0 saturated carbocycles. The van der Waals surface area contributed by atoms with E-state index in [2.05, 4.69) is 68.3 Å². The van der Waals surface area contributed by atoms with Gasteiger partial charge in [0.25, 0.3) is 0 Å². The van der Waals surface area contributed by atoms with Crippen molar-refractivity contribution in [2.45, 2.75) is 40.0 Å². The Labute approximate surface area is 146 Å². The molecule has 2 aliphatic heterocycles. The lowest BCUT2D eigenvalue weighted by Crippen LogP contribution is -2.30. The minimum Gasteiger partial charge on any atom is -0.381 e. The van der Waals surface area contributed by atoms with Crippen molar-refractivity contribution in [2.24, 2.45) is 5.92 Å². The number of allylic oxidation sites excluding steroid dienone is 4. The monoisotopic (exact) mass is 323 g/mol. The van der Waals surface area contributed by atoms with E-state index in [1.807, 2.05) is 0 Å². The van der Waals surface area contributed by atoms with Crippen molar-refractivity contribution in [3.8, 4) is 0 Å². The number of nitrogens with zero attached hydrogens (tertiary/aromatic N) is 1. The van der Waals surface area contributed by atoms with E-state index in [9.17, 15) is 0 Å². The van der Waals surface area contributed by atoms with E-state index in [1.165, 1.54) is 40.8 Å². The molecule has 0 N–H and O–H groups in total. The predicted molar refractivity (Wildman–Crippen MR) is 102 cm³/mol. The van der Waals surface area contributed by atoms with Gasteiger partial charge in [0, 0.05) is 37.2 Å². The van der Waals surface area contributed by atoms with Gasteiger partial charge in [-0.3, -0.25) is 0 Å². The first-order valence-electron chi connectivity index (χ1n) is 9.19. The smallest absolute Gasteiger partial charge is 0.0469 e. The summed E-state index contributed by atoms with van der Waals surface area (Å²) in [4.78, 5) is 2.48. The minimum atomic E-state index is 0.723. The Kier molecular flexibility index (Phi) is 5.57. The second-order valence-electron chi connectivity index (χ2n) is 7.00. The number of hydrogen-bond donors (Lipinski definition) is 0. The Hall–Kier alpha value is -1.80. The van der Waals surface area contributed by atoms with Crippen LogP contribution in [-0.4, -0.2) is 24.7 Å². The van der Waals surface area contributed by atoms with Crippen LogP contribution in [0.15, 0.2) is 53.9 Å². The highest BCUT2D eigenvalue weighted by molar-refractivity contribution is 5.81. The van der Waals surface area contributed by atoms with E-state index < -0.39 is 0 Å². The van der Waals surface area contributed by atoms with Gasteiger partial charge in [0.1, 0.15) is 0 Å². The second kappa shape index (κ2) is 7.85. The quantitative estimate of drug-likeness (QED) is 0.743. The lowest BCUT2D eigenvalue weighted by molar-refractivity contribution is 0.0605. The van der Waals surface area contributed by atoms with Gasteiger partial charge in [0.05, 0.1) is 0 Å². The predicted octanol–water partition coefficient (Wildman–Crippen LogP) is 5.32. The van der Waals surface area contributed by atoms with Gasteiger partial charge in [0.15, 0.2) is 0 Å². The maximum absolute atomic E-state index is 5.53. The molecular formula is C22H29NO. The first-order valence-corrected chi connectivity index (χ1v) is 9.19. The summed E-state index contributed by atoms with van der Waals surface area (Å²) in [7, 11) is 0. The zero-order valence-corrected chi connectivity index (χ0v) is 15.2. The van der Waals surface area contributed by atoms with Crippen molar-refractivity contribution in [1.82, 2.24) is 4.90 Å². The average Bonchev–Trinajstić information content (AvgIpc) is 2.59. The first kappa shape index (κ1) is 17.0. The maximum atomic E-state index is 5.53. The van der Waals surface area contributed by atoms with Crippen LogP contribution in [0.4, 0.5) is 0 Å². The molecule has 2 nitrogen and oxygen atoms in total. The van der Waals surface area contributed by atoms with Crippen LogP contribution in [0.2, 0.25) is 0 Å². The number of aryl methyl sites for hydroxylation is 1. The Balaban J connectivity index is 1.88. The van der Waals surface area contributed by atoms with Crippen LogP contribution in [0.25, 0.3) is 5.57 Å². The molecule has 0 atom stereocenters. The van der Waals surface area contributed by atoms with Crippen LogP contribution in [0, 0.1) is 12.8 Å². The molecular weight excluding hydrogens is 294 g/mol. The fourth-order valence-electron chi connectivity index (χ4n) is 3.55. The van der Waals surface area contributed by atoms with Gasteiger partial charge in [-0.2, -0.15) is 0 Å². The SMILES string of the molecule is CC/C=C1/C(c2ccc(C)cc2)=CC(C)=CN1CC1CCOCC1. The zero-order chi connectivity index (χ0) is 16.9. The maximum Gasteiger partial charge on any atom is 0.0469 e. The molecule has 0 spiro atoms. The summed E-state index contributed by atoms with van der Waals surface area (Å²) in [6.07, 6.45) is 10.4. The van der Waals surface area contributed by atoms with Gasteiger partial charge in [0.2, 0.25) is 0 Å². The molecule has 128 valence electrons. The van der Waals surface area contributed by atoms with E-state index >= 15 is 0 Å². The first-order chi connectivity index (χ1) is 11.7. The number of hydrogen-bond acceptors (Lipinski definition) is 2. The molecule has 24 heavy (non-hydrogen) atoms. The Morgan fingerprint density at radius 3 is 2.50 bits per heavy atom. The van der Waals surface area contributed by atoms with Crippen molar-refractivity contribution in [1.29, 1.82) is 0 Å². The molecule has 1 aromatic rings. The summed E-state index contributed by atoms with van der Waals surface area (Å²) < 4.78 is 5.53. The molecule has 3 rings (SSSR count). The molecule has 0 radical (unpaired) electrons. The third-order valence-corrected chi connectivity index (χ3v) is 4.87. The largest absolute Gasteiger partial charge is 0.381 e. The zero-order valence-electron chi connectivity index (χ0n) is 15.2. The fraction of sp³-hybridized carbons (Fsp3) is 0.455. The molecule has 0 aliphatic carbocycles. The second-order valence-corrected chi connectivity index (χ2v) is 7.00. The molecule has 2 heterocycles. The van der Waals surface area contributed by atoms with Crippen molar-refractivity contribution < 1.29 is 4.74 Å². The highest BCUT2D eigenvalue weighted by Gasteiger charge is 2.22. The van der Waals surface area contributed by atoms with Crippen molar-refractivity contribution in [3.63, 3.8) is 0 Å². The van der Waals surface area contributed by atoms with Gasteiger partial charge in [-0.15, -0.1) is 0 Å². The Bertz CT molecular complexity index is 645. The normalized spacial score (nSPS) is 21.0. The summed E-state index contributed by atoms with van der Waals surface area (Å²) in [5.74, 6) is 0.723. The highest BCUT2D eigenvalue weighted by atomic mass is 16.5. The molecule has 2 heteroatoms. The fourth-order valence-corrected chi connectivity index (χ4v) is 3.55. The van der Waals surface area contributed by atoms with Gasteiger partial charge >= 0.3 is 0 Å². The van der Waals surface area contributed by atoms with E-state index in [-0.39, 0.29) is 0 Å². The minimum absolute atomic E-state index is 0.723. The molecule has 1 fully saturated rings. The number of ether oxygens (including phenoxy) is 1. The van der Waals surface area contributed by atoms with E-state index in [0.717, 1.165) is 32.1 Å². The molecule has 0 aromatic heterocycles. The van der Waals surface area contributed by atoms with Gasteiger partial charge in [-0.25, -0.2) is 0 Å². The summed E-state index contributed by atoms with van der Waals surface area (Å²) in [6, 6.07) is 8.90. The van der Waals surface area contributed by atoms with E-state index in [4.69, 9.17) is 4.74 Å². The van der Waals surface area contributed by atoms with Crippen LogP contribution in [0.3, 0.4) is 0 Å². The van der Waals surface area contributed by atoms with Gasteiger partial charge in [-0.05, 0) is 56.2 Å². The van der Waals surface area contributed by atoms with Crippen LogP contribution in [0.5, 0.6) is 0 Å². The van der Waals surface area contributed by atoms with Crippen molar-refractivity contribution in [3.05, 3.63) is 65.0 Å².